The van der Waals surface area contributed by atoms with Crippen molar-refractivity contribution in [2.24, 2.45) is 11.8 Å². The third-order valence-electron chi connectivity index (χ3n) is 4.73. The second-order valence-electron chi connectivity index (χ2n) is 6.38. The van der Waals surface area contributed by atoms with Gasteiger partial charge in [-0.05, 0) is 25.2 Å². The Bertz CT molecular complexity index is 558. The molecule has 1 heterocycles. The number of nitrogens with one attached hydrogen (secondary N) is 1. The van der Waals surface area contributed by atoms with Gasteiger partial charge < -0.3 is 15.3 Å². The summed E-state index contributed by atoms with van der Waals surface area (Å²) < 4.78 is 5.76. The molecule has 6 heteroatoms. The Morgan fingerprint density at radius 1 is 1.30 bits per heavy atom. The first-order valence-corrected chi connectivity index (χ1v) is 8.08. The minimum absolute atomic E-state index is 0.128. The van der Waals surface area contributed by atoms with Crippen molar-refractivity contribution >= 4 is 11.9 Å². The van der Waals surface area contributed by atoms with Crippen molar-refractivity contribution in [2.75, 3.05) is 0 Å². The van der Waals surface area contributed by atoms with Gasteiger partial charge in [-0.3, -0.25) is 4.79 Å². The quantitative estimate of drug-likeness (QED) is 0.521. The summed E-state index contributed by atoms with van der Waals surface area (Å²) >= 11 is 0. The maximum absolute atomic E-state index is 12.2. The summed E-state index contributed by atoms with van der Waals surface area (Å²) in [6, 6.07) is 2.86. The van der Waals surface area contributed by atoms with E-state index in [0.29, 0.717) is 16.6 Å². The van der Waals surface area contributed by atoms with E-state index in [4.69, 9.17) is 4.74 Å². The van der Waals surface area contributed by atoms with Crippen LogP contribution in [-0.2, 0) is 9.53 Å². The monoisotopic (exact) mass is 320 g/mol. The van der Waals surface area contributed by atoms with Crippen molar-refractivity contribution < 1.29 is 19.1 Å². The number of aromatic nitrogens is 1. The minimum Gasteiger partial charge on any atom is -0.619 e. The predicted octanol–water partition coefficient (Wildman–Crippen LogP) is 1.81. The molecule has 0 spiro atoms. The van der Waals surface area contributed by atoms with E-state index in [0.717, 1.165) is 12.8 Å². The normalized spacial score (nSPS) is 25.4. The number of nitrogens with zero attached hydrogens (tertiary/aromatic N) is 1. The minimum atomic E-state index is -0.869. The largest absolute Gasteiger partial charge is 0.619 e. The van der Waals surface area contributed by atoms with Crippen molar-refractivity contribution in [3.8, 4) is 0 Å². The Kier molecular flexibility index (Phi) is 5.58. The third-order valence-corrected chi connectivity index (χ3v) is 4.73. The molecule has 1 aliphatic rings. The van der Waals surface area contributed by atoms with Crippen LogP contribution in [0.1, 0.15) is 50.4 Å². The molecule has 0 bridgehead atoms. The van der Waals surface area contributed by atoms with Crippen LogP contribution in [0.4, 0.5) is 0 Å². The maximum atomic E-state index is 12.2. The standard InChI is InChI=1S/C17H24N2O4/c1-11-5-4-6-15(12(11)2)18-16(20)13(3)23-17(21)14-7-9-19(22)10-8-14/h7-13,15H,4-6H2,1-3H3,(H,18,20)/t11-,12+,13+,15-/m0/s1. The van der Waals surface area contributed by atoms with Gasteiger partial charge in [0.2, 0.25) is 0 Å². The fraction of sp³-hybridized carbons (Fsp3) is 0.588. The number of carbonyl (C=O) groups is 2. The van der Waals surface area contributed by atoms with Crippen LogP contribution in [-0.4, -0.2) is 24.0 Å². The van der Waals surface area contributed by atoms with Crippen molar-refractivity contribution in [1.29, 1.82) is 0 Å². The lowest BCUT2D eigenvalue weighted by Gasteiger charge is -2.35. The lowest BCUT2D eigenvalue weighted by Crippen LogP contribution is -2.47. The molecule has 0 aliphatic heterocycles. The van der Waals surface area contributed by atoms with Crippen LogP contribution in [0, 0.1) is 17.0 Å². The number of hydrogen-bond acceptors (Lipinski definition) is 4. The molecule has 0 unspecified atom stereocenters. The van der Waals surface area contributed by atoms with Crippen LogP contribution in [0.5, 0.6) is 0 Å². The molecule has 1 amide bonds. The number of ether oxygens (including phenoxy) is 1. The summed E-state index contributed by atoms with van der Waals surface area (Å²) in [5.74, 6) is 0.102. The lowest BCUT2D eigenvalue weighted by atomic mass is 9.78. The van der Waals surface area contributed by atoms with Crippen LogP contribution in [0.3, 0.4) is 0 Å². The van der Waals surface area contributed by atoms with Crippen molar-refractivity contribution in [2.45, 2.75) is 52.2 Å². The predicted molar refractivity (Wildman–Crippen MR) is 84.4 cm³/mol. The van der Waals surface area contributed by atoms with Gasteiger partial charge in [0, 0.05) is 18.2 Å². The van der Waals surface area contributed by atoms with E-state index in [1.807, 2.05) is 0 Å². The van der Waals surface area contributed by atoms with Crippen LogP contribution >= 0.6 is 0 Å². The van der Waals surface area contributed by atoms with Crippen molar-refractivity contribution in [3.05, 3.63) is 35.3 Å². The smallest absolute Gasteiger partial charge is 0.339 e. The lowest BCUT2D eigenvalue weighted by molar-refractivity contribution is -0.605. The molecule has 1 N–H and O–H groups in total. The Balaban J connectivity index is 1.89. The van der Waals surface area contributed by atoms with Gasteiger partial charge in [-0.15, -0.1) is 0 Å². The summed E-state index contributed by atoms with van der Waals surface area (Å²) in [4.78, 5) is 24.2. The molecule has 1 aliphatic carbocycles. The van der Waals surface area contributed by atoms with Gasteiger partial charge in [0.1, 0.15) is 0 Å². The van der Waals surface area contributed by atoms with Gasteiger partial charge >= 0.3 is 5.97 Å². The first-order chi connectivity index (χ1) is 10.9. The summed E-state index contributed by atoms with van der Waals surface area (Å²) in [6.45, 7) is 5.90. The van der Waals surface area contributed by atoms with Crippen molar-refractivity contribution in [1.82, 2.24) is 5.32 Å². The Hall–Kier alpha value is -2.11. The molecule has 1 fully saturated rings. The van der Waals surface area contributed by atoms with E-state index in [2.05, 4.69) is 19.2 Å². The highest BCUT2D eigenvalue weighted by molar-refractivity contribution is 5.92. The summed E-state index contributed by atoms with van der Waals surface area (Å²) in [7, 11) is 0. The second-order valence-corrected chi connectivity index (χ2v) is 6.38. The molecule has 23 heavy (non-hydrogen) atoms. The molecule has 1 aromatic rings. The van der Waals surface area contributed by atoms with Gasteiger partial charge in [0.25, 0.3) is 5.91 Å². The second kappa shape index (κ2) is 7.44. The molecule has 1 saturated carbocycles. The van der Waals surface area contributed by atoms with E-state index in [-0.39, 0.29) is 17.5 Å². The molecule has 6 nitrogen and oxygen atoms in total. The van der Waals surface area contributed by atoms with Crippen molar-refractivity contribution in [3.63, 3.8) is 0 Å². The van der Waals surface area contributed by atoms with Crippen LogP contribution < -0.4 is 10.0 Å². The van der Waals surface area contributed by atoms with E-state index in [1.54, 1.807) is 6.92 Å². The zero-order valence-electron chi connectivity index (χ0n) is 13.8. The van der Waals surface area contributed by atoms with Gasteiger partial charge in [-0.2, -0.15) is 4.73 Å². The zero-order valence-corrected chi connectivity index (χ0v) is 13.8. The summed E-state index contributed by atoms with van der Waals surface area (Å²) in [5, 5.41) is 13.9. The van der Waals surface area contributed by atoms with Gasteiger partial charge in [0.15, 0.2) is 18.5 Å². The molecule has 0 saturated heterocycles. The maximum Gasteiger partial charge on any atom is 0.339 e. The summed E-state index contributed by atoms with van der Waals surface area (Å²) in [5.41, 5.74) is 0.247. The molecular weight excluding hydrogens is 296 g/mol. The van der Waals surface area contributed by atoms with E-state index < -0.39 is 12.1 Å². The molecular formula is C17H24N2O4. The first-order valence-electron chi connectivity index (χ1n) is 8.08. The molecule has 0 aromatic carbocycles. The van der Waals surface area contributed by atoms with E-state index in [1.165, 1.54) is 30.9 Å². The zero-order chi connectivity index (χ0) is 17.0. The van der Waals surface area contributed by atoms with Crippen LogP contribution in [0.15, 0.2) is 24.5 Å². The van der Waals surface area contributed by atoms with Crippen LogP contribution in [0.25, 0.3) is 0 Å². The van der Waals surface area contributed by atoms with E-state index in [9.17, 15) is 14.8 Å². The topological polar surface area (TPSA) is 82.3 Å². The average Bonchev–Trinajstić information content (AvgIpc) is 2.52. The number of hydrogen-bond donors (Lipinski definition) is 1. The van der Waals surface area contributed by atoms with Crippen LogP contribution in [0.2, 0.25) is 0 Å². The Labute approximate surface area is 136 Å². The molecule has 2 rings (SSSR count). The average molecular weight is 320 g/mol. The molecule has 1 aromatic heterocycles. The molecule has 4 atom stereocenters. The molecule has 126 valence electrons. The van der Waals surface area contributed by atoms with Gasteiger partial charge in [-0.1, -0.05) is 26.7 Å². The number of esters is 1. The van der Waals surface area contributed by atoms with Gasteiger partial charge in [-0.25, -0.2) is 4.79 Å². The number of rotatable bonds is 4. The number of carbonyl (C=O) groups excluding carboxylic acids is 2. The highest BCUT2D eigenvalue weighted by Gasteiger charge is 2.30. The summed E-state index contributed by atoms with van der Waals surface area (Å²) in [6.07, 6.45) is 4.81. The number of amides is 1. The SMILES string of the molecule is C[C@H]1[C@@H](NC(=O)[C@@H](C)OC(=O)c2cc[n+]([O-])cc2)CCC[C@@H]1C. The highest BCUT2D eigenvalue weighted by Crippen LogP contribution is 2.29. The van der Waals surface area contributed by atoms with Gasteiger partial charge in [0.05, 0.1) is 5.56 Å². The Morgan fingerprint density at radius 2 is 1.96 bits per heavy atom. The third kappa shape index (κ3) is 4.43. The Morgan fingerprint density at radius 3 is 2.61 bits per heavy atom. The van der Waals surface area contributed by atoms with E-state index >= 15 is 0 Å². The number of pyridine rings is 1. The molecule has 0 radical (unpaired) electrons. The fourth-order valence-corrected chi connectivity index (χ4v) is 2.92. The highest BCUT2D eigenvalue weighted by atomic mass is 16.5. The fourth-order valence-electron chi connectivity index (χ4n) is 2.92. The first kappa shape index (κ1) is 17.2.